The highest BCUT2D eigenvalue weighted by Gasteiger charge is 2.51. The lowest BCUT2D eigenvalue weighted by molar-refractivity contribution is -0.220. The molecule has 9 atom stereocenters. The lowest BCUT2D eigenvalue weighted by Crippen LogP contribution is -2.64. The standard InChI is InChI=1S/C44H86NO11P/c1-3-5-7-9-11-13-15-16-17-18-19-20-21-22-23-24-26-28-30-32-34-38(47)45-36(37(46)33-31-29-27-25-14-12-10-8-6-4-2)35-55-57(53,54)56-44-42(51)40(49)39(48)41(50)43(44)52/h31,33,36-37,39-44,46,48-52H,3-30,32,34-35H2,1-2H3,(H,45,47)(H,53,54)/b33-31+/t36-,37+,39?,40+,41?,42?,43?,44?/m0/s1. The first-order valence-corrected chi connectivity index (χ1v) is 24.6. The number of hydrogen-bond acceptors (Lipinski definition) is 10. The molecule has 1 amide bonds. The number of amides is 1. The van der Waals surface area contributed by atoms with Gasteiger partial charge in [-0.15, -0.1) is 0 Å². The molecule has 57 heavy (non-hydrogen) atoms. The molecule has 338 valence electrons. The van der Waals surface area contributed by atoms with Gasteiger partial charge < -0.3 is 40.8 Å². The Balaban J connectivity index is 2.41. The molecule has 1 saturated carbocycles. The van der Waals surface area contributed by atoms with Gasteiger partial charge in [0.1, 0.15) is 36.6 Å². The number of phosphoric ester groups is 1. The van der Waals surface area contributed by atoms with Crippen LogP contribution in [0.15, 0.2) is 12.2 Å². The topological polar surface area (TPSA) is 206 Å². The van der Waals surface area contributed by atoms with E-state index in [1.165, 1.54) is 141 Å². The Hall–Kier alpha value is -0.920. The fourth-order valence-electron chi connectivity index (χ4n) is 7.49. The zero-order valence-corrected chi connectivity index (χ0v) is 36.8. The summed E-state index contributed by atoms with van der Waals surface area (Å²) in [5.74, 6) is -0.339. The van der Waals surface area contributed by atoms with Crippen molar-refractivity contribution in [3.63, 3.8) is 0 Å². The maximum atomic E-state index is 12.9. The lowest BCUT2D eigenvalue weighted by atomic mass is 9.85. The summed E-state index contributed by atoms with van der Waals surface area (Å²) in [4.78, 5) is 23.3. The van der Waals surface area contributed by atoms with Crippen LogP contribution in [0.1, 0.15) is 206 Å². The number of carbonyl (C=O) groups excluding carboxylic acids is 1. The van der Waals surface area contributed by atoms with E-state index in [0.29, 0.717) is 6.42 Å². The molecule has 1 aliphatic carbocycles. The molecule has 1 aliphatic rings. The summed E-state index contributed by atoms with van der Waals surface area (Å²) in [5.41, 5.74) is 0. The maximum Gasteiger partial charge on any atom is 0.472 e. The van der Waals surface area contributed by atoms with E-state index in [2.05, 4.69) is 19.2 Å². The smallest absolute Gasteiger partial charge is 0.387 e. The van der Waals surface area contributed by atoms with E-state index in [1.54, 1.807) is 0 Å². The number of aliphatic hydroxyl groups excluding tert-OH is 6. The zero-order valence-electron chi connectivity index (χ0n) is 35.9. The number of unbranched alkanes of at least 4 members (excludes halogenated alkanes) is 27. The molecular formula is C44H86NO11P. The van der Waals surface area contributed by atoms with Crippen molar-refractivity contribution in [1.82, 2.24) is 5.32 Å². The molecule has 0 radical (unpaired) electrons. The second kappa shape index (κ2) is 34.8. The predicted octanol–water partition coefficient (Wildman–Crippen LogP) is 8.45. The van der Waals surface area contributed by atoms with Gasteiger partial charge in [0, 0.05) is 6.42 Å². The fourth-order valence-corrected chi connectivity index (χ4v) is 8.46. The summed E-state index contributed by atoms with van der Waals surface area (Å²) in [6.07, 6.45) is 25.9. The van der Waals surface area contributed by atoms with Gasteiger partial charge >= 0.3 is 7.82 Å². The minimum absolute atomic E-state index is 0.218. The molecule has 1 fully saturated rings. The Bertz CT molecular complexity index is 1020. The largest absolute Gasteiger partial charge is 0.472 e. The van der Waals surface area contributed by atoms with Crippen LogP contribution in [0.3, 0.4) is 0 Å². The number of aliphatic hydroxyl groups is 6. The third kappa shape index (κ3) is 26.8. The van der Waals surface area contributed by atoms with Crippen molar-refractivity contribution in [3.05, 3.63) is 12.2 Å². The molecule has 8 N–H and O–H groups in total. The molecule has 13 heteroatoms. The van der Waals surface area contributed by atoms with Crippen molar-refractivity contribution in [1.29, 1.82) is 0 Å². The Morgan fingerprint density at radius 1 is 0.579 bits per heavy atom. The summed E-state index contributed by atoms with van der Waals surface area (Å²) in [7, 11) is -5.07. The van der Waals surface area contributed by atoms with E-state index >= 15 is 0 Å². The molecule has 12 nitrogen and oxygen atoms in total. The molecule has 0 aromatic rings. The van der Waals surface area contributed by atoms with E-state index in [0.717, 1.165) is 44.9 Å². The molecule has 0 aliphatic heterocycles. The van der Waals surface area contributed by atoms with Crippen LogP contribution in [-0.2, 0) is 18.4 Å². The van der Waals surface area contributed by atoms with Crippen molar-refractivity contribution in [2.45, 2.75) is 255 Å². The third-order valence-corrected chi connectivity index (χ3v) is 12.3. The highest BCUT2D eigenvalue weighted by molar-refractivity contribution is 7.47. The third-order valence-electron chi connectivity index (χ3n) is 11.3. The van der Waals surface area contributed by atoms with Crippen LogP contribution in [0.5, 0.6) is 0 Å². The molecule has 0 saturated heterocycles. The summed E-state index contributed by atoms with van der Waals surface area (Å²) in [6, 6.07) is -1.11. The first kappa shape index (κ1) is 54.1. The van der Waals surface area contributed by atoms with E-state index in [4.69, 9.17) is 9.05 Å². The molecule has 0 heterocycles. The number of allylic oxidation sites excluding steroid dienone is 1. The van der Waals surface area contributed by atoms with Crippen molar-refractivity contribution in [2.24, 2.45) is 0 Å². The maximum absolute atomic E-state index is 12.9. The minimum Gasteiger partial charge on any atom is -0.387 e. The Morgan fingerprint density at radius 2 is 0.930 bits per heavy atom. The molecule has 1 rings (SSSR count). The Labute approximate surface area is 346 Å². The molecule has 0 spiro atoms. The fraction of sp³-hybridized carbons (Fsp3) is 0.932. The van der Waals surface area contributed by atoms with Gasteiger partial charge in [0.25, 0.3) is 0 Å². The van der Waals surface area contributed by atoms with Gasteiger partial charge in [0.2, 0.25) is 5.91 Å². The van der Waals surface area contributed by atoms with Gasteiger partial charge in [-0.05, 0) is 19.3 Å². The first-order valence-electron chi connectivity index (χ1n) is 23.1. The molecule has 0 aromatic carbocycles. The van der Waals surface area contributed by atoms with Crippen LogP contribution in [0.25, 0.3) is 0 Å². The second-order valence-corrected chi connectivity index (χ2v) is 18.0. The van der Waals surface area contributed by atoms with E-state index in [9.17, 15) is 44.9 Å². The van der Waals surface area contributed by atoms with Crippen molar-refractivity contribution < 1.29 is 53.9 Å². The Morgan fingerprint density at radius 3 is 1.33 bits per heavy atom. The van der Waals surface area contributed by atoms with Crippen LogP contribution in [0.4, 0.5) is 0 Å². The number of carbonyl (C=O) groups is 1. The average Bonchev–Trinajstić information content (AvgIpc) is 3.19. The Kier molecular flexibility index (Phi) is 33.0. The summed E-state index contributed by atoms with van der Waals surface area (Å²) < 4.78 is 22.8. The van der Waals surface area contributed by atoms with Gasteiger partial charge in [0.15, 0.2) is 0 Å². The summed E-state index contributed by atoms with van der Waals surface area (Å²) in [5, 5.41) is 63.8. The zero-order chi connectivity index (χ0) is 42.2. The van der Waals surface area contributed by atoms with Crippen molar-refractivity contribution in [2.75, 3.05) is 6.61 Å². The van der Waals surface area contributed by atoms with Crippen LogP contribution in [0, 0.1) is 0 Å². The normalized spacial score (nSPS) is 23.5. The predicted molar refractivity (Wildman–Crippen MR) is 228 cm³/mol. The van der Waals surface area contributed by atoms with Crippen molar-refractivity contribution in [3.8, 4) is 0 Å². The highest BCUT2D eigenvalue weighted by atomic mass is 31.2. The molecule has 0 bridgehead atoms. The van der Waals surface area contributed by atoms with Gasteiger partial charge in [-0.3, -0.25) is 13.8 Å². The summed E-state index contributed by atoms with van der Waals surface area (Å²) in [6.45, 7) is 3.82. The molecule has 0 aromatic heterocycles. The SMILES string of the molecule is CCCCCCCCCC/C=C/[C@@H](O)[C@H](COP(=O)(O)OC1C(O)C(O)C(O)[C@@H](O)C1O)NC(=O)CCCCCCCCCCCCCCCCCCCCCC. The van der Waals surface area contributed by atoms with E-state index in [1.807, 2.05) is 6.08 Å². The lowest BCUT2D eigenvalue weighted by Gasteiger charge is -2.41. The van der Waals surface area contributed by atoms with E-state index in [-0.39, 0.29) is 12.3 Å². The summed E-state index contributed by atoms with van der Waals surface area (Å²) >= 11 is 0. The second-order valence-electron chi connectivity index (χ2n) is 16.6. The minimum atomic E-state index is -5.07. The van der Waals surface area contributed by atoms with E-state index < -0.39 is 63.2 Å². The van der Waals surface area contributed by atoms with Gasteiger partial charge in [0.05, 0.1) is 18.8 Å². The van der Waals surface area contributed by atoms with Crippen LogP contribution in [0.2, 0.25) is 0 Å². The number of phosphoric acid groups is 1. The van der Waals surface area contributed by atoms with Crippen molar-refractivity contribution >= 4 is 13.7 Å². The quantitative estimate of drug-likeness (QED) is 0.0168. The molecule has 6 unspecified atom stereocenters. The van der Waals surface area contributed by atoms with Gasteiger partial charge in [-0.1, -0.05) is 193 Å². The van der Waals surface area contributed by atoms with Gasteiger partial charge in [-0.25, -0.2) is 4.57 Å². The van der Waals surface area contributed by atoms with Crippen LogP contribution < -0.4 is 5.32 Å². The number of rotatable bonds is 38. The van der Waals surface area contributed by atoms with Crippen LogP contribution in [-0.4, -0.2) is 96.8 Å². The number of nitrogens with one attached hydrogen (secondary N) is 1. The monoisotopic (exact) mass is 836 g/mol. The molecular weight excluding hydrogens is 749 g/mol. The van der Waals surface area contributed by atoms with Crippen LogP contribution >= 0.6 is 7.82 Å². The number of hydrogen-bond donors (Lipinski definition) is 8. The first-order chi connectivity index (χ1) is 27.4. The van der Waals surface area contributed by atoms with Gasteiger partial charge in [-0.2, -0.15) is 0 Å². The average molecular weight is 836 g/mol. The highest BCUT2D eigenvalue weighted by Crippen LogP contribution is 2.47.